The van der Waals surface area contributed by atoms with Gasteiger partial charge in [-0.1, -0.05) is 18.5 Å². The Labute approximate surface area is 100 Å². The monoisotopic (exact) mass is 236 g/mol. The fourth-order valence-electron chi connectivity index (χ4n) is 1.28. The van der Waals surface area contributed by atoms with Gasteiger partial charge < -0.3 is 5.32 Å². The van der Waals surface area contributed by atoms with Crippen LogP contribution in [0.2, 0.25) is 5.02 Å². The van der Waals surface area contributed by atoms with Gasteiger partial charge in [0.1, 0.15) is 0 Å². The minimum Gasteiger partial charge on any atom is -0.348 e. The highest BCUT2D eigenvalue weighted by molar-refractivity contribution is 6.30. The Bertz CT molecular complexity index is 394. The minimum absolute atomic E-state index is 0.0896. The highest BCUT2D eigenvalue weighted by Crippen LogP contribution is 2.10. The highest BCUT2D eigenvalue weighted by Gasteiger charge is 2.11. The summed E-state index contributed by atoms with van der Waals surface area (Å²) in [5.74, 6) is -0.168. The zero-order chi connectivity index (χ0) is 12.0. The number of benzene rings is 1. The lowest BCUT2D eigenvalue weighted by Crippen LogP contribution is -2.34. The normalized spacial score (nSPS) is 11.6. The Kier molecular flexibility index (Phi) is 4.81. The number of rotatable bonds is 4. The van der Waals surface area contributed by atoms with E-state index in [-0.39, 0.29) is 11.9 Å². The second-order valence-electron chi connectivity index (χ2n) is 3.45. The maximum atomic E-state index is 11.7. The van der Waals surface area contributed by atoms with Gasteiger partial charge in [-0.2, -0.15) is 5.26 Å². The summed E-state index contributed by atoms with van der Waals surface area (Å²) < 4.78 is 0. The molecule has 0 spiro atoms. The maximum absolute atomic E-state index is 11.7. The molecule has 0 heterocycles. The van der Waals surface area contributed by atoms with Crippen LogP contribution >= 0.6 is 11.6 Å². The Balaban J connectivity index is 2.65. The smallest absolute Gasteiger partial charge is 0.251 e. The van der Waals surface area contributed by atoms with Crippen LogP contribution in [0.3, 0.4) is 0 Å². The van der Waals surface area contributed by atoms with Crippen LogP contribution in [-0.2, 0) is 0 Å². The van der Waals surface area contributed by atoms with Gasteiger partial charge in [0.2, 0.25) is 0 Å². The Hall–Kier alpha value is -1.53. The van der Waals surface area contributed by atoms with Crippen molar-refractivity contribution < 1.29 is 4.79 Å². The third-order valence-electron chi connectivity index (χ3n) is 2.27. The van der Waals surface area contributed by atoms with Crippen molar-refractivity contribution in [2.75, 3.05) is 0 Å². The first-order valence-electron chi connectivity index (χ1n) is 5.10. The third-order valence-corrected chi connectivity index (χ3v) is 2.52. The first-order valence-corrected chi connectivity index (χ1v) is 5.48. The molecule has 84 valence electrons. The standard InChI is InChI=1S/C12H13ClN2O/c1-2-11(7-8-14)15-12(16)9-3-5-10(13)6-4-9/h3-6,11H,2,7H2,1H3,(H,15,16)/t11-/m1/s1. The summed E-state index contributed by atoms with van der Waals surface area (Å²) in [6.45, 7) is 1.93. The topological polar surface area (TPSA) is 52.9 Å². The van der Waals surface area contributed by atoms with Crippen LogP contribution < -0.4 is 5.32 Å². The summed E-state index contributed by atoms with van der Waals surface area (Å²) in [4.78, 5) is 11.7. The van der Waals surface area contributed by atoms with Gasteiger partial charge in [0.05, 0.1) is 12.5 Å². The number of carbonyl (C=O) groups is 1. The van der Waals surface area contributed by atoms with Crippen LogP contribution in [0.15, 0.2) is 24.3 Å². The molecule has 0 radical (unpaired) electrons. The zero-order valence-corrected chi connectivity index (χ0v) is 9.79. The lowest BCUT2D eigenvalue weighted by molar-refractivity contribution is 0.0936. The number of halogens is 1. The van der Waals surface area contributed by atoms with Gasteiger partial charge in [-0.15, -0.1) is 0 Å². The van der Waals surface area contributed by atoms with E-state index in [2.05, 4.69) is 5.32 Å². The van der Waals surface area contributed by atoms with Crippen LogP contribution in [0.25, 0.3) is 0 Å². The largest absolute Gasteiger partial charge is 0.348 e. The summed E-state index contributed by atoms with van der Waals surface area (Å²) in [7, 11) is 0. The van der Waals surface area contributed by atoms with Gasteiger partial charge in [0, 0.05) is 16.6 Å². The van der Waals surface area contributed by atoms with E-state index in [0.717, 1.165) is 6.42 Å². The van der Waals surface area contributed by atoms with Gasteiger partial charge in [-0.25, -0.2) is 0 Å². The molecule has 1 N–H and O–H groups in total. The van der Waals surface area contributed by atoms with Crippen molar-refractivity contribution in [3.05, 3.63) is 34.9 Å². The molecule has 1 aromatic rings. The van der Waals surface area contributed by atoms with Crippen molar-refractivity contribution in [2.24, 2.45) is 0 Å². The van der Waals surface area contributed by atoms with Crippen molar-refractivity contribution in [3.63, 3.8) is 0 Å². The molecule has 1 rings (SSSR count). The predicted molar refractivity (Wildman–Crippen MR) is 63.2 cm³/mol. The van der Waals surface area contributed by atoms with Crippen LogP contribution in [0.5, 0.6) is 0 Å². The minimum atomic E-state index is -0.168. The summed E-state index contributed by atoms with van der Waals surface area (Å²) in [6, 6.07) is 8.62. The summed E-state index contributed by atoms with van der Waals surface area (Å²) in [5, 5.41) is 12.0. The van der Waals surface area contributed by atoms with Crippen LogP contribution in [-0.4, -0.2) is 11.9 Å². The number of nitrogens with zero attached hydrogens (tertiary/aromatic N) is 1. The van der Waals surface area contributed by atoms with E-state index >= 15 is 0 Å². The molecule has 16 heavy (non-hydrogen) atoms. The van der Waals surface area contributed by atoms with Gasteiger partial charge in [-0.3, -0.25) is 4.79 Å². The van der Waals surface area contributed by atoms with E-state index in [1.165, 1.54) is 0 Å². The van der Waals surface area contributed by atoms with Crippen molar-refractivity contribution >= 4 is 17.5 Å². The van der Waals surface area contributed by atoms with Crippen LogP contribution in [0, 0.1) is 11.3 Å². The number of nitriles is 1. The van der Waals surface area contributed by atoms with Crippen molar-refractivity contribution in [1.29, 1.82) is 5.26 Å². The molecular formula is C12H13ClN2O. The lowest BCUT2D eigenvalue weighted by atomic mass is 10.1. The molecule has 1 aromatic carbocycles. The van der Waals surface area contributed by atoms with E-state index in [1.54, 1.807) is 24.3 Å². The SMILES string of the molecule is CC[C@H](CC#N)NC(=O)c1ccc(Cl)cc1. The number of nitrogens with one attached hydrogen (secondary N) is 1. The number of hydrogen-bond acceptors (Lipinski definition) is 2. The van der Waals surface area contributed by atoms with Crippen molar-refractivity contribution in [1.82, 2.24) is 5.32 Å². The van der Waals surface area contributed by atoms with E-state index in [9.17, 15) is 4.79 Å². The molecule has 0 saturated heterocycles. The van der Waals surface area contributed by atoms with Gasteiger partial charge >= 0.3 is 0 Å². The molecule has 0 unspecified atom stereocenters. The number of hydrogen-bond donors (Lipinski definition) is 1. The average Bonchev–Trinajstić information content (AvgIpc) is 2.29. The molecule has 0 aliphatic rings. The molecule has 1 amide bonds. The van der Waals surface area contributed by atoms with Gasteiger partial charge in [-0.05, 0) is 30.7 Å². The summed E-state index contributed by atoms with van der Waals surface area (Å²) >= 11 is 5.72. The molecule has 0 aliphatic carbocycles. The molecule has 1 atom stereocenters. The van der Waals surface area contributed by atoms with Crippen molar-refractivity contribution in [3.8, 4) is 6.07 Å². The molecule has 0 bridgehead atoms. The molecule has 0 saturated carbocycles. The molecule has 0 aliphatic heterocycles. The third kappa shape index (κ3) is 3.56. The van der Waals surface area contributed by atoms with E-state index in [0.29, 0.717) is 17.0 Å². The van der Waals surface area contributed by atoms with E-state index in [1.807, 2.05) is 13.0 Å². The maximum Gasteiger partial charge on any atom is 0.251 e. The Morgan fingerprint density at radius 1 is 1.50 bits per heavy atom. The highest BCUT2D eigenvalue weighted by atomic mass is 35.5. The Morgan fingerprint density at radius 2 is 2.12 bits per heavy atom. The number of carbonyl (C=O) groups excluding carboxylic acids is 1. The van der Waals surface area contributed by atoms with Crippen molar-refractivity contribution in [2.45, 2.75) is 25.8 Å². The first kappa shape index (κ1) is 12.5. The molecule has 0 aromatic heterocycles. The fraction of sp³-hybridized carbons (Fsp3) is 0.333. The van der Waals surface area contributed by atoms with Crippen LogP contribution in [0.1, 0.15) is 30.1 Å². The predicted octanol–water partition coefficient (Wildman–Crippen LogP) is 2.76. The fourth-order valence-corrected chi connectivity index (χ4v) is 1.40. The second kappa shape index (κ2) is 6.14. The molecular weight excluding hydrogens is 224 g/mol. The lowest BCUT2D eigenvalue weighted by Gasteiger charge is -2.13. The Morgan fingerprint density at radius 3 is 2.62 bits per heavy atom. The summed E-state index contributed by atoms with van der Waals surface area (Å²) in [6.07, 6.45) is 1.07. The average molecular weight is 237 g/mol. The van der Waals surface area contributed by atoms with E-state index < -0.39 is 0 Å². The van der Waals surface area contributed by atoms with Crippen LogP contribution in [0.4, 0.5) is 0 Å². The molecule has 0 fully saturated rings. The van der Waals surface area contributed by atoms with Gasteiger partial charge in [0.25, 0.3) is 5.91 Å². The van der Waals surface area contributed by atoms with Gasteiger partial charge in [0.15, 0.2) is 0 Å². The van der Waals surface area contributed by atoms with E-state index in [4.69, 9.17) is 16.9 Å². The molecule has 3 nitrogen and oxygen atoms in total. The number of amides is 1. The summed E-state index contributed by atoms with van der Waals surface area (Å²) in [5.41, 5.74) is 0.556. The quantitative estimate of drug-likeness (QED) is 0.874. The second-order valence-corrected chi connectivity index (χ2v) is 3.88. The first-order chi connectivity index (χ1) is 7.67. The molecule has 4 heteroatoms. The zero-order valence-electron chi connectivity index (χ0n) is 9.03.